The molecule has 1 unspecified atom stereocenters. The van der Waals surface area contributed by atoms with Crippen LogP contribution >= 0.6 is 0 Å². The number of hydrogen-bond acceptors (Lipinski definition) is 3. The van der Waals surface area contributed by atoms with Crippen LogP contribution in [0.15, 0.2) is 4.99 Å². The van der Waals surface area contributed by atoms with E-state index in [1.807, 2.05) is 20.8 Å². The second kappa shape index (κ2) is 4.11. The molecule has 0 aliphatic carbocycles. The van der Waals surface area contributed by atoms with Crippen LogP contribution in [0.4, 0.5) is 0 Å². The van der Waals surface area contributed by atoms with Crippen molar-refractivity contribution in [3.8, 4) is 0 Å². The fourth-order valence-corrected chi connectivity index (χ4v) is 1.40. The van der Waals surface area contributed by atoms with Gasteiger partial charge in [0.25, 0.3) is 0 Å². The Labute approximate surface area is 94.9 Å². The first-order chi connectivity index (χ1) is 7.20. The van der Waals surface area contributed by atoms with E-state index >= 15 is 0 Å². The molecule has 16 heavy (non-hydrogen) atoms. The van der Waals surface area contributed by atoms with Crippen LogP contribution < -0.4 is 11.1 Å². The number of carbonyl (C=O) groups is 2. The largest absolute Gasteiger partial charge is 0.370 e. The van der Waals surface area contributed by atoms with Crippen LogP contribution in [0, 0.1) is 0 Å². The van der Waals surface area contributed by atoms with Crippen molar-refractivity contribution >= 4 is 17.8 Å². The van der Waals surface area contributed by atoms with Crippen LogP contribution in [-0.2, 0) is 9.59 Å². The van der Waals surface area contributed by atoms with Gasteiger partial charge >= 0.3 is 0 Å². The number of carbonyl (C=O) groups excluding carboxylic acids is 2. The Hall–Kier alpha value is -1.59. The van der Waals surface area contributed by atoms with Gasteiger partial charge in [-0.1, -0.05) is 0 Å². The zero-order valence-corrected chi connectivity index (χ0v) is 10.1. The lowest BCUT2D eigenvalue weighted by atomic mass is 10.1. The van der Waals surface area contributed by atoms with Crippen molar-refractivity contribution in [3.63, 3.8) is 0 Å². The molecule has 1 rings (SSSR count). The number of piperazine rings is 1. The van der Waals surface area contributed by atoms with Gasteiger partial charge in [-0.05, 0) is 27.7 Å². The van der Waals surface area contributed by atoms with Crippen LogP contribution in [0.1, 0.15) is 27.7 Å². The van der Waals surface area contributed by atoms with E-state index < -0.39 is 6.04 Å². The summed E-state index contributed by atoms with van der Waals surface area (Å²) in [6, 6.07) is -0.469. The molecule has 0 aromatic heterocycles. The molecule has 0 aromatic rings. The third-order valence-electron chi connectivity index (χ3n) is 2.17. The molecule has 2 amide bonds. The predicted molar refractivity (Wildman–Crippen MR) is 60.7 cm³/mol. The van der Waals surface area contributed by atoms with Crippen molar-refractivity contribution in [1.82, 2.24) is 10.2 Å². The highest BCUT2D eigenvalue weighted by Crippen LogP contribution is 2.10. The molecule has 1 saturated heterocycles. The zero-order chi connectivity index (χ0) is 12.5. The van der Waals surface area contributed by atoms with E-state index in [-0.39, 0.29) is 29.9 Å². The summed E-state index contributed by atoms with van der Waals surface area (Å²) in [5.74, 6) is -0.471. The summed E-state index contributed by atoms with van der Waals surface area (Å²) in [5.41, 5.74) is 5.46. The SMILES string of the molecule is CC1C(=O)NC(=O)CN1C(N)=NC(C)(C)C. The number of amides is 2. The topological polar surface area (TPSA) is 87.8 Å². The lowest BCUT2D eigenvalue weighted by Crippen LogP contribution is -2.60. The first-order valence-electron chi connectivity index (χ1n) is 5.16. The maximum atomic E-state index is 11.4. The molecule has 1 aliphatic heterocycles. The summed E-state index contributed by atoms with van der Waals surface area (Å²) >= 11 is 0. The Morgan fingerprint density at radius 2 is 2.06 bits per heavy atom. The van der Waals surface area contributed by atoms with Gasteiger partial charge in [0.15, 0.2) is 5.96 Å². The third kappa shape index (κ3) is 2.95. The summed E-state index contributed by atoms with van der Waals surface area (Å²) in [4.78, 5) is 28.4. The van der Waals surface area contributed by atoms with Gasteiger partial charge < -0.3 is 10.6 Å². The summed E-state index contributed by atoms with van der Waals surface area (Å²) in [5, 5.41) is 2.25. The maximum absolute atomic E-state index is 11.4. The summed E-state index contributed by atoms with van der Waals surface area (Å²) in [6.07, 6.45) is 0. The molecule has 1 aliphatic rings. The minimum absolute atomic E-state index is 0.0678. The van der Waals surface area contributed by atoms with E-state index in [4.69, 9.17) is 5.73 Å². The van der Waals surface area contributed by atoms with Crippen molar-refractivity contribution in [2.24, 2.45) is 10.7 Å². The number of nitrogens with two attached hydrogens (primary N) is 1. The summed E-state index contributed by atoms with van der Waals surface area (Å²) < 4.78 is 0. The number of nitrogens with one attached hydrogen (secondary N) is 1. The van der Waals surface area contributed by atoms with Crippen LogP contribution in [0.2, 0.25) is 0 Å². The first-order valence-corrected chi connectivity index (χ1v) is 5.16. The number of hydrogen-bond donors (Lipinski definition) is 2. The molecule has 1 atom stereocenters. The fourth-order valence-electron chi connectivity index (χ4n) is 1.40. The van der Waals surface area contributed by atoms with Crippen molar-refractivity contribution in [2.75, 3.05) is 6.54 Å². The predicted octanol–water partition coefficient (Wildman–Crippen LogP) is -0.553. The average Bonchev–Trinajstić information content (AvgIpc) is 2.08. The molecule has 0 saturated carbocycles. The molecule has 0 spiro atoms. The van der Waals surface area contributed by atoms with Crippen molar-refractivity contribution in [3.05, 3.63) is 0 Å². The summed E-state index contributed by atoms with van der Waals surface area (Å²) in [6.45, 7) is 7.45. The summed E-state index contributed by atoms with van der Waals surface area (Å²) in [7, 11) is 0. The number of rotatable bonds is 0. The lowest BCUT2D eigenvalue weighted by molar-refractivity contribution is -0.137. The van der Waals surface area contributed by atoms with E-state index in [1.165, 1.54) is 4.90 Å². The first kappa shape index (κ1) is 12.5. The van der Waals surface area contributed by atoms with Crippen LogP contribution in [0.3, 0.4) is 0 Å². The van der Waals surface area contributed by atoms with Gasteiger partial charge in [-0.15, -0.1) is 0 Å². The number of imide groups is 1. The minimum atomic E-state index is -0.469. The fraction of sp³-hybridized carbons (Fsp3) is 0.700. The Morgan fingerprint density at radius 1 is 1.50 bits per heavy atom. The van der Waals surface area contributed by atoms with Gasteiger partial charge in [0, 0.05) is 0 Å². The van der Waals surface area contributed by atoms with Gasteiger partial charge in [0.2, 0.25) is 11.8 Å². The van der Waals surface area contributed by atoms with E-state index in [0.29, 0.717) is 0 Å². The van der Waals surface area contributed by atoms with Crippen molar-refractivity contribution < 1.29 is 9.59 Å². The van der Waals surface area contributed by atoms with Gasteiger partial charge in [0.05, 0.1) is 5.54 Å². The van der Waals surface area contributed by atoms with Gasteiger partial charge in [-0.3, -0.25) is 14.9 Å². The number of nitrogens with zero attached hydrogens (tertiary/aromatic N) is 2. The quantitative estimate of drug-likeness (QED) is 0.329. The normalized spacial score (nSPS) is 23.4. The minimum Gasteiger partial charge on any atom is -0.370 e. The Morgan fingerprint density at radius 3 is 2.56 bits per heavy atom. The second-order valence-corrected chi connectivity index (χ2v) is 4.86. The smallest absolute Gasteiger partial charge is 0.249 e. The zero-order valence-electron chi connectivity index (χ0n) is 10.1. The van der Waals surface area contributed by atoms with Crippen molar-refractivity contribution in [1.29, 1.82) is 0 Å². The van der Waals surface area contributed by atoms with Gasteiger partial charge in [-0.25, -0.2) is 4.99 Å². The van der Waals surface area contributed by atoms with Crippen molar-refractivity contribution in [2.45, 2.75) is 39.3 Å². The second-order valence-electron chi connectivity index (χ2n) is 4.86. The number of aliphatic imine (C=N–C) groups is 1. The highest BCUT2D eigenvalue weighted by atomic mass is 16.2. The molecule has 90 valence electrons. The average molecular weight is 226 g/mol. The van der Waals surface area contributed by atoms with E-state index in [1.54, 1.807) is 6.92 Å². The van der Waals surface area contributed by atoms with E-state index in [0.717, 1.165) is 0 Å². The highest BCUT2D eigenvalue weighted by molar-refractivity contribution is 6.04. The van der Waals surface area contributed by atoms with Crippen LogP contribution in [0.25, 0.3) is 0 Å². The molecule has 1 fully saturated rings. The molecular weight excluding hydrogens is 208 g/mol. The molecule has 0 radical (unpaired) electrons. The number of guanidine groups is 1. The van der Waals surface area contributed by atoms with Gasteiger partial charge in [0.1, 0.15) is 12.6 Å². The van der Waals surface area contributed by atoms with Crippen LogP contribution in [-0.4, -0.2) is 40.8 Å². The molecule has 6 nitrogen and oxygen atoms in total. The Bertz CT molecular complexity index is 343. The molecule has 1 heterocycles. The standard InChI is InChI=1S/C10H18N4O2/c1-6-8(16)12-7(15)5-14(6)9(11)13-10(2,3)4/h6H,5H2,1-4H3,(H2,11,13)(H,12,15,16). The van der Waals surface area contributed by atoms with E-state index in [2.05, 4.69) is 10.3 Å². The molecule has 6 heteroatoms. The third-order valence-corrected chi connectivity index (χ3v) is 2.17. The molecular formula is C10H18N4O2. The maximum Gasteiger partial charge on any atom is 0.249 e. The monoisotopic (exact) mass is 226 g/mol. The molecule has 0 aromatic carbocycles. The Balaban J connectivity index is 2.90. The van der Waals surface area contributed by atoms with Gasteiger partial charge in [-0.2, -0.15) is 0 Å². The van der Waals surface area contributed by atoms with E-state index in [9.17, 15) is 9.59 Å². The molecule has 0 bridgehead atoms. The van der Waals surface area contributed by atoms with Crippen LogP contribution in [0.5, 0.6) is 0 Å². The lowest BCUT2D eigenvalue weighted by Gasteiger charge is -2.33. The Kier molecular flexibility index (Phi) is 3.21. The molecule has 3 N–H and O–H groups in total. The highest BCUT2D eigenvalue weighted by Gasteiger charge is 2.31.